The van der Waals surface area contributed by atoms with Crippen LogP contribution in [-0.2, 0) is 0 Å². The summed E-state index contributed by atoms with van der Waals surface area (Å²) in [6.07, 6.45) is 0. The fraction of sp³-hybridized carbons (Fsp3) is 0.125. The standard InChI is InChI=1S/C8H9N3O/c1-4-2-5-7(3-6(4)9)12-11-8(5)10/h2-3H,9H2,1H3,(H2,10,11). The van der Waals surface area contributed by atoms with Gasteiger partial charge in [0, 0.05) is 11.8 Å². The molecule has 4 N–H and O–H groups in total. The maximum absolute atomic E-state index is 5.67. The lowest BCUT2D eigenvalue weighted by molar-refractivity contribution is 0.460. The average Bonchev–Trinajstić information content (AvgIpc) is 2.35. The molecule has 62 valence electrons. The second-order valence-electron chi connectivity index (χ2n) is 2.77. The second kappa shape index (κ2) is 2.14. The summed E-state index contributed by atoms with van der Waals surface area (Å²) in [5, 5.41) is 4.45. The van der Waals surface area contributed by atoms with Crippen LogP contribution in [0, 0.1) is 6.92 Å². The largest absolute Gasteiger partial charge is 0.398 e. The number of nitrogens with two attached hydrogens (primary N) is 2. The fourth-order valence-electron chi connectivity index (χ4n) is 1.13. The first-order valence-corrected chi connectivity index (χ1v) is 3.59. The molecular formula is C8H9N3O. The number of anilines is 2. The first-order chi connectivity index (χ1) is 5.68. The second-order valence-corrected chi connectivity index (χ2v) is 2.77. The van der Waals surface area contributed by atoms with Crippen molar-refractivity contribution in [1.29, 1.82) is 0 Å². The summed E-state index contributed by atoms with van der Waals surface area (Å²) in [7, 11) is 0. The molecular weight excluding hydrogens is 154 g/mol. The maximum Gasteiger partial charge on any atom is 0.174 e. The lowest BCUT2D eigenvalue weighted by Gasteiger charge is -1.97. The molecule has 0 aliphatic heterocycles. The summed E-state index contributed by atoms with van der Waals surface area (Å²) in [5.41, 5.74) is 13.5. The summed E-state index contributed by atoms with van der Waals surface area (Å²) in [4.78, 5) is 0. The predicted molar refractivity (Wildman–Crippen MR) is 47.6 cm³/mol. The minimum atomic E-state index is 0.410. The Bertz CT molecular complexity index is 433. The molecule has 1 heterocycles. The van der Waals surface area contributed by atoms with E-state index in [1.807, 2.05) is 13.0 Å². The zero-order valence-electron chi connectivity index (χ0n) is 6.66. The Morgan fingerprint density at radius 3 is 2.83 bits per heavy atom. The highest BCUT2D eigenvalue weighted by atomic mass is 16.5. The molecule has 0 radical (unpaired) electrons. The van der Waals surface area contributed by atoms with Crippen molar-refractivity contribution >= 4 is 22.5 Å². The predicted octanol–water partition coefficient (Wildman–Crippen LogP) is 1.30. The zero-order chi connectivity index (χ0) is 8.72. The third kappa shape index (κ3) is 0.812. The average molecular weight is 163 g/mol. The van der Waals surface area contributed by atoms with Crippen LogP contribution in [-0.4, -0.2) is 5.16 Å². The molecule has 12 heavy (non-hydrogen) atoms. The highest BCUT2D eigenvalue weighted by molar-refractivity contribution is 5.89. The van der Waals surface area contributed by atoms with Gasteiger partial charge in [0.05, 0.1) is 5.39 Å². The Kier molecular flexibility index (Phi) is 1.24. The molecule has 1 aromatic heterocycles. The van der Waals surface area contributed by atoms with E-state index < -0.39 is 0 Å². The van der Waals surface area contributed by atoms with Crippen molar-refractivity contribution < 1.29 is 4.52 Å². The molecule has 0 spiro atoms. The Morgan fingerprint density at radius 1 is 1.33 bits per heavy atom. The van der Waals surface area contributed by atoms with Crippen LogP contribution in [0.25, 0.3) is 11.0 Å². The fourth-order valence-corrected chi connectivity index (χ4v) is 1.13. The third-order valence-corrected chi connectivity index (χ3v) is 1.89. The number of nitrogens with zero attached hydrogens (tertiary/aromatic N) is 1. The van der Waals surface area contributed by atoms with Crippen molar-refractivity contribution in [3.8, 4) is 0 Å². The normalized spacial score (nSPS) is 10.8. The van der Waals surface area contributed by atoms with Gasteiger partial charge in [0.1, 0.15) is 0 Å². The molecule has 0 atom stereocenters. The van der Waals surface area contributed by atoms with E-state index in [0.29, 0.717) is 17.1 Å². The van der Waals surface area contributed by atoms with Gasteiger partial charge in [-0.25, -0.2) is 0 Å². The Hall–Kier alpha value is -1.71. The summed E-state index contributed by atoms with van der Waals surface area (Å²) in [6.45, 7) is 1.92. The minimum Gasteiger partial charge on any atom is -0.398 e. The van der Waals surface area contributed by atoms with Gasteiger partial charge in [0.2, 0.25) is 0 Å². The third-order valence-electron chi connectivity index (χ3n) is 1.89. The molecule has 4 nitrogen and oxygen atoms in total. The topological polar surface area (TPSA) is 78.1 Å². The van der Waals surface area contributed by atoms with E-state index in [4.69, 9.17) is 16.0 Å². The number of benzene rings is 1. The van der Waals surface area contributed by atoms with E-state index in [-0.39, 0.29) is 0 Å². The van der Waals surface area contributed by atoms with Gasteiger partial charge >= 0.3 is 0 Å². The zero-order valence-corrected chi connectivity index (χ0v) is 6.66. The number of hydrogen-bond acceptors (Lipinski definition) is 4. The molecule has 0 saturated carbocycles. The number of hydrogen-bond donors (Lipinski definition) is 2. The molecule has 0 aliphatic carbocycles. The smallest absolute Gasteiger partial charge is 0.174 e. The maximum atomic E-state index is 5.67. The number of rotatable bonds is 0. The molecule has 0 fully saturated rings. The van der Waals surface area contributed by atoms with Gasteiger partial charge in [-0.3, -0.25) is 0 Å². The van der Waals surface area contributed by atoms with E-state index in [2.05, 4.69) is 5.16 Å². The van der Waals surface area contributed by atoms with Crippen LogP contribution in [0.1, 0.15) is 5.56 Å². The number of aryl methyl sites for hydroxylation is 1. The first kappa shape index (κ1) is 6.97. The van der Waals surface area contributed by atoms with Gasteiger partial charge < -0.3 is 16.0 Å². The monoisotopic (exact) mass is 163 g/mol. The minimum absolute atomic E-state index is 0.410. The molecule has 0 aliphatic rings. The lowest BCUT2D eigenvalue weighted by Crippen LogP contribution is -1.89. The van der Waals surface area contributed by atoms with Crippen LogP contribution < -0.4 is 11.5 Å². The Morgan fingerprint density at radius 2 is 2.08 bits per heavy atom. The van der Waals surface area contributed by atoms with E-state index in [1.165, 1.54) is 0 Å². The van der Waals surface area contributed by atoms with Gasteiger partial charge in [-0.1, -0.05) is 5.16 Å². The van der Waals surface area contributed by atoms with Crippen molar-refractivity contribution in [3.05, 3.63) is 17.7 Å². The van der Waals surface area contributed by atoms with E-state index in [0.717, 1.165) is 10.9 Å². The molecule has 0 saturated heterocycles. The van der Waals surface area contributed by atoms with Crippen molar-refractivity contribution in [3.63, 3.8) is 0 Å². The van der Waals surface area contributed by atoms with E-state index >= 15 is 0 Å². The molecule has 0 amide bonds. The van der Waals surface area contributed by atoms with Gasteiger partial charge in [0.25, 0.3) is 0 Å². The molecule has 2 rings (SSSR count). The van der Waals surface area contributed by atoms with Crippen molar-refractivity contribution in [2.24, 2.45) is 0 Å². The Labute approximate surface area is 69.1 Å². The number of aromatic nitrogens is 1. The summed E-state index contributed by atoms with van der Waals surface area (Å²) in [5.74, 6) is 0.410. The number of nitrogen functional groups attached to an aromatic ring is 2. The quantitative estimate of drug-likeness (QED) is 0.574. The highest BCUT2D eigenvalue weighted by Crippen LogP contribution is 2.25. The van der Waals surface area contributed by atoms with Crippen LogP contribution >= 0.6 is 0 Å². The summed E-state index contributed by atoms with van der Waals surface area (Å²) >= 11 is 0. The van der Waals surface area contributed by atoms with Gasteiger partial charge in [0.15, 0.2) is 11.4 Å². The molecule has 0 bridgehead atoms. The van der Waals surface area contributed by atoms with Crippen LogP contribution in [0.3, 0.4) is 0 Å². The van der Waals surface area contributed by atoms with Crippen LogP contribution in [0.2, 0.25) is 0 Å². The Balaban J connectivity index is 2.87. The van der Waals surface area contributed by atoms with Crippen LogP contribution in [0.5, 0.6) is 0 Å². The van der Waals surface area contributed by atoms with E-state index in [1.54, 1.807) is 6.07 Å². The van der Waals surface area contributed by atoms with Crippen molar-refractivity contribution in [1.82, 2.24) is 5.16 Å². The van der Waals surface area contributed by atoms with Gasteiger partial charge in [-0.15, -0.1) is 0 Å². The molecule has 1 aromatic carbocycles. The molecule has 0 unspecified atom stereocenters. The van der Waals surface area contributed by atoms with Gasteiger partial charge in [-0.05, 0) is 18.6 Å². The number of fused-ring (bicyclic) bond motifs is 1. The SMILES string of the molecule is Cc1cc2c(N)noc2cc1N. The molecule has 2 aromatic rings. The first-order valence-electron chi connectivity index (χ1n) is 3.59. The van der Waals surface area contributed by atoms with E-state index in [9.17, 15) is 0 Å². The lowest BCUT2D eigenvalue weighted by atomic mass is 10.1. The highest BCUT2D eigenvalue weighted by Gasteiger charge is 2.06. The van der Waals surface area contributed by atoms with Crippen molar-refractivity contribution in [2.45, 2.75) is 6.92 Å². The van der Waals surface area contributed by atoms with Gasteiger partial charge in [-0.2, -0.15) is 0 Å². The summed E-state index contributed by atoms with van der Waals surface area (Å²) in [6, 6.07) is 3.60. The van der Waals surface area contributed by atoms with Crippen LogP contribution in [0.4, 0.5) is 11.5 Å². The molecule has 4 heteroatoms. The summed E-state index contributed by atoms with van der Waals surface area (Å²) < 4.78 is 4.93. The van der Waals surface area contributed by atoms with Crippen LogP contribution in [0.15, 0.2) is 16.7 Å². The van der Waals surface area contributed by atoms with Crippen molar-refractivity contribution in [2.75, 3.05) is 11.5 Å².